The van der Waals surface area contributed by atoms with Crippen LogP contribution < -0.4 is 0 Å². The quantitative estimate of drug-likeness (QED) is 0.891. The summed E-state index contributed by atoms with van der Waals surface area (Å²) in [6.45, 7) is 2.05. The number of benzene rings is 2. The first kappa shape index (κ1) is 11.7. The predicted octanol–water partition coefficient (Wildman–Crippen LogP) is 3.84. The highest BCUT2D eigenvalue weighted by molar-refractivity contribution is 7.99. The molecule has 2 aromatic rings. The Morgan fingerprint density at radius 3 is 2.35 bits per heavy atom. The predicted molar refractivity (Wildman–Crippen MR) is 68.7 cm³/mol. The zero-order chi connectivity index (χ0) is 12.3. The molecule has 17 heavy (non-hydrogen) atoms. The van der Waals surface area contributed by atoms with Crippen molar-refractivity contribution in [3.63, 3.8) is 0 Å². The van der Waals surface area contributed by atoms with Crippen molar-refractivity contribution in [3.05, 3.63) is 59.7 Å². The maximum Gasteiger partial charge on any atom is 0.335 e. The van der Waals surface area contributed by atoms with Crippen LogP contribution in [0.25, 0.3) is 0 Å². The molecule has 0 aromatic heterocycles. The van der Waals surface area contributed by atoms with Crippen molar-refractivity contribution in [3.8, 4) is 0 Å². The van der Waals surface area contributed by atoms with Crippen LogP contribution in [0.3, 0.4) is 0 Å². The Bertz CT molecular complexity index is 532. The SMILES string of the molecule is Cc1cccc(Sc2ccc(C(=O)O)cc2)c1. The average Bonchev–Trinajstić information content (AvgIpc) is 2.29. The Labute approximate surface area is 104 Å². The smallest absolute Gasteiger partial charge is 0.335 e. The Morgan fingerprint density at radius 1 is 1.06 bits per heavy atom. The molecular formula is C14H12O2S. The maximum absolute atomic E-state index is 10.7. The third kappa shape index (κ3) is 3.11. The summed E-state index contributed by atoms with van der Waals surface area (Å²) in [6.07, 6.45) is 0. The number of hydrogen-bond donors (Lipinski definition) is 1. The lowest BCUT2D eigenvalue weighted by atomic mass is 10.2. The van der Waals surface area contributed by atoms with Gasteiger partial charge in [0.2, 0.25) is 0 Å². The van der Waals surface area contributed by atoms with Gasteiger partial charge in [-0.1, -0.05) is 29.5 Å². The molecule has 2 aromatic carbocycles. The first-order chi connectivity index (χ1) is 8.15. The molecule has 0 unspecified atom stereocenters. The topological polar surface area (TPSA) is 37.3 Å². The van der Waals surface area contributed by atoms with Gasteiger partial charge in [-0.05, 0) is 43.3 Å². The first-order valence-corrected chi connectivity index (χ1v) is 6.05. The van der Waals surface area contributed by atoms with Crippen LogP contribution in [0.2, 0.25) is 0 Å². The largest absolute Gasteiger partial charge is 0.478 e. The maximum atomic E-state index is 10.7. The van der Waals surface area contributed by atoms with Crippen LogP contribution in [-0.4, -0.2) is 11.1 Å². The van der Waals surface area contributed by atoms with Gasteiger partial charge >= 0.3 is 5.97 Å². The zero-order valence-electron chi connectivity index (χ0n) is 9.38. The Kier molecular flexibility index (Phi) is 3.49. The third-order valence-electron chi connectivity index (χ3n) is 2.33. The fourth-order valence-corrected chi connectivity index (χ4v) is 2.42. The van der Waals surface area contributed by atoms with Gasteiger partial charge in [-0.3, -0.25) is 0 Å². The van der Waals surface area contributed by atoms with Crippen LogP contribution in [0.4, 0.5) is 0 Å². The summed E-state index contributed by atoms with van der Waals surface area (Å²) < 4.78 is 0. The summed E-state index contributed by atoms with van der Waals surface area (Å²) in [5.41, 5.74) is 1.54. The summed E-state index contributed by atoms with van der Waals surface area (Å²) in [4.78, 5) is 12.9. The molecule has 0 atom stereocenters. The van der Waals surface area contributed by atoms with Gasteiger partial charge < -0.3 is 5.11 Å². The molecule has 2 nitrogen and oxygen atoms in total. The van der Waals surface area contributed by atoms with Gasteiger partial charge in [0.15, 0.2) is 0 Å². The molecule has 86 valence electrons. The molecule has 0 radical (unpaired) electrons. The van der Waals surface area contributed by atoms with E-state index < -0.39 is 5.97 Å². The lowest BCUT2D eigenvalue weighted by molar-refractivity contribution is 0.0697. The monoisotopic (exact) mass is 244 g/mol. The highest BCUT2D eigenvalue weighted by Gasteiger charge is 2.02. The minimum absolute atomic E-state index is 0.318. The van der Waals surface area contributed by atoms with E-state index in [0.717, 1.165) is 9.79 Å². The second kappa shape index (κ2) is 5.06. The molecule has 0 saturated heterocycles. The second-order valence-electron chi connectivity index (χ2n) is 3.75. The fraction of sp³-hybridized carbons (Fsp3) is 0.0714. The van der Waals surface area contributed by atoms with Gasteiger partial charge in [-0.2, -0.15) is 0 Å². The number of aryl methyl sites for hydroxylation is 1. The number of rotatable bonds is 3. The van der Waals surface area contributed by atoms with Crippen molar-refractivity contribution < 1.29 is 9.90 Å². The summed E-state index contributed by atoms with van der Waals surface area (Å²) in [7, 11) is 0. The molecule has 0 bridgehead atoms. The van der Waals surface area contributed by atoms with Gasteiger partial charge in [0.05, 0.1) is 5.56 Å². The average molecular weight is 244 g/mol. The second-order valence-corrected chi connectivity index (χ2v) is 4.90. The van der Waals surface area contributed by atoms with Crippen molar-refractivity contribution >= 4 is 17.7 Å². The van der Waals surface area contributed by atoms with E-state index in [-0.39, 0.29) is 0 Å². The minimum atomic E-state index is -0.892. The number of carboxylic acid groups (broad SMARTS) is 1. The molecule has 3 heteroatoms. The molecule has 0 aliphatic rings. The molecule has 0 aliphatic carbocycles. The van der Waals surface area contributed by atoms with Gasteiger partial charge in [0, 0.05) is 9.79 Å². The first-order valence-electron chi connectivity index (χ1n) is 5.23. The minimum Gasteiger partial charge on any atom is -0.478 e. The van der Waals surface area contributed by atoms with E-state index in [1.807, 2.05) is 24.3 Å². The van der Waals surface area contributed by atoms with E-state index in [1.54, 1.807) is 23.9 Å². The molecule has 1 N–H and O–H groups in total. The van der Waals surface area contributed by atoms with E-state index in [1.165, 1.54) is 5.56 Å². The Morgan fingerprint density at radius 2 is 1.76 bits per heavy atom. The van der Waals surface area contributed by atoms with Gasteiger partial charge in [0.25, 0.3) is 0 Å². The van der Waals surface area contributed by atoms with Crippen molar-refractivity contribution in [2.24, 2.45) is 0 Å². The molecule has 0 saturated carbocycles. The van der Waals surface area contributed by atoms with Crippen molar-refractivity contribution in [1.82, 2.24) is 0 Å². The summed E-state index contributed by atoms with van der Waals surface area (Å²) >= 11 is 1.63. The van der Waals surface area contributed by atoms with Gasteiger partial charge in [-0.25, -0.2) is 4.79 Å². The van der Waals surface area contributed by atoms with E-state index in [0.29, 0.717) is 5.56 Å². The highest BCUT2D eigenvalue weighted by Crippen LogP contribution is 2.28. The van der Waals surface area contributed by atoms with Gasteiger partial charge in [0.1, 0.15) is 0 Å². The summed E-state index contributed by atoms with van der Waals surface area (Å²) in [6, 6.07) is 15.1. The molecule has 2 rings (SSSR count). The number of hydrogen-bond acceptors (Lipinski definition) is 2. The molecular weight excluding hydrogens is 232 g/mol. The van der Waals surface area contributed by atoms with Crippen molar-refractivity contribution in [2.75, 3.05) is 0 Å². The molecule has 0 fully saturated rings. The van der Waals surface area contributed by atoms with E-state index >= 15 is 0 Å². The van der Waals surface area contributed by atoms with Crippen LogP contribution in [0.15, 0.2) is 58.3 Å². The fourth-order valence-electron chi connectivity index (χ4n) is 1.48. The van der Waals surface area contributed by atoms with Crippen molar-refractivity contribution in [1.29, 1.82) is 0 Å². The van der Waals surface area contributed by atoms with E-state index in [2.05, 4.69) is 19.1 Å². The molecule has 0 aliphatic heterocycles. The van der Waals surface area contributed by atoms with Crippen LogP contribution >= 0.6 is 11.8 Å². The normalized spacial score (nSPS) is 10.2. The standard InChI is InChI=1S/C14H12O2S/c1-10-3-2-4-13(9-10)17-12-7-5-11(6-8-12)14(15)16/h2-9H,1H3,(H,15,16). The number of carboxylic acids is 1. The Balaban J connectivity index is 2.16. The van der Waals surface area contributed by atoms with E-state index in [9.17, 15) is 4.79 Å². The van der Waals surface area contributed by atoms with Gasteiger partial charge in [-0.15, -0.1) is 0 Å². The molecule has 0 spiro atoms. The Hall–Kier alpha value is -1.74. The van der Waals surface area contributed by atoms with Crippen molar-refractivity contribution in [2.45, 2.75) is 16.7 Å². The summed E-state index contributed by atoms with van der Waals surface area (Å²) in [5.74, 6) is -0.892. The molecule has 0 amide bonds. The van der Waals surface area contributed by atoms with Crippen LogP contribution in [0.5, 0.6) is 0 Å². The summed E-state index contributed by atoms with van der Waals surface area (Å²) in [5, 5.41) is 8.80. The van der Waals surface area contributed by atoms with Crippen LogP contribution in [-0.2, 0) is 0 Å². The number of aromatic carboxylic acids is 1. The van der Waals surface area contributed by atoms with E-state index in [4.69, 9.17) is 5.11 Å². The van der Waals surface area contributed by atoms with Crippen LogP contribution in [0.1, 0.15) is 15.9 Å². The highest BCUT2D eigenvalue weighted by atomic mass is 32.2. The zero-order valence-corrected chi connectivity index (χ0v) is 10.2. The molecule has 0 heterocycles. The van der Waals surface area contributed by atoms with Crippen LogP contribution in [0, 0.1) is 6.92 Å². The third-order valence-corrected chi connectivity index (χ3v) is 3.32. The lowest BCUT2D eigenvalue weighted by Gasteiger charge is -2.03. The lowest BCUT2D eigenvalue weighted by Crippen LogP contribution is -1.94. The number of carbonyl (C=O) groups is 1.